The second-order valence-corrected chi connectivity index (χ2v) is 6.29. The van der Waals surface area contributed by atoms with Gasteiger partial charge in [-0.05, 0) is 43.2 Å². The molecule has 9 heteroatoms. The van der Waals surface area contributed by atoms with Crippen LogP contribution in [0.1, 0.15) is 28.8 Å². The van der Waals surface area contributed by atoms with Crippen molar-refractivity contribution in [2.45, 2.75) is 19.0 Å². The molecule has 1 saturated heterocycles. The Morgan fingerprint density at radius 2 is 1.93 bits per heavy atom. The number of carbonyl (C=O) groups is 2. The average molecular weight is 393 g/mol. The van der Waals surface area contributed by atoms with Gasteiger partial charge in [0.1, 0.15) is 0 Å². The first-order chi connectivity index (χ1) is 13.3. The number of ether oxygens (including phenoxy) is 1. The molecule has 0 atom stereocenters. The highest BCUT2D eigenvalue weighted by molar-refractivity contribution is 5.97. The van der Waals surface area contributed by atoms with Gasteiger partial charge in [-0.2, -0.15) is 13.2 Å². The van der Waals surface area contributed by atoms with Crippen molar-refractivity contribution < 1.29 is 27.5 Å². The third kappa shape index (κ3) is 4.79. The van der Waals surface area contributed by atoms with E-state index in [1.54, 1.807) is 6.07 Å². The highest BCUT2D eigenvalue weighted by atomic mass is 19.4. The first-order valence-electron chi connectivity index (χ1n) is 8.68. The molecule has 0 bridgehead atoms. The van der Waals surface area contributed by atoms with E-state index < -0.39 is 30.2 Å². The minimum Gasteiger partial charge on any atom is -0.452 e. The van der Waals surface area contributed by atoms with Gasteiger partial charge in [0.05, 0.1) is 22.5 Å². The summed E-state index contributed by atoms with van der Waals surface area (Å²) in [5, 5.41) is 2.43. The van der Waals surface area contributed by atoms with E-state index in [0.717, 1.165) is 25.0 Å². The van der Waals surface area contributed by atoms with Gasteiger partial charge in [0.25, 0.3) is 5.91 Å². The number of nitrogens with zero attached hydrogens (tertiary/aromatic N) is 2. The summed E-state index contributed by atoms with van der Waals surface area (Å²) in [6.45, 7) is 0.776. The van der Waals surface area contributed by atoms with Gasteiger partial charge in [0.2, 0.25) is 0 Å². The molecule has 3 rings (SSSR count). The van der Waals surface area contributed by atoms with E-state index in [9.17, 15) is 22.8 Å². The number of hydrogen-bond donors (Lipinski definition) is 1. The molecule has 1 aliphatic heterocycles. The molecular formula is C19H18F3N3O3. The van der Waals surface area contributed by atoms with E-state index in [0.29, 0.717) is 18.8 Å². The van der Waals surface area contributed by atoms with Crippen molar-refractivity contribution in [1.82, 2.24) is 4.98 Å². The van der Waals surface area contributed by atoms with E-state index in [2.05, 4.69) is 10.3 Å². The molecule has 148 valence electrons. The Balaban J connectivity index is 1.72. The monoisotopic (exact) mass is 393 g/mol. The van der Waals surface area contributed by atoms with Crippen molar-refractivity contribution in [2.24, 2.45) is 0 Å². The SMILES string of the molecule is O=C(COC(=O)c1cccnc1)Nc1cc(C(F)(F)F)ccc1N1CCCC1. The van der Waals surface area contributed by atoms with Crippen LogP contribution in [0.4, 0.5) is 24.5 Å². The zero-order valence-corrected chi connectivity index (χ0v) is 14.8. The number of rotatable bonds is 5. The number of esters is 1. The number of halogens is 3. The van der Waals surface area contributed by atoms with Crippen molar-refractivity contribution >= 4 is 23.3 Å². The first kappa shape index (κ1) is 19.7. The Hall–Kier alpha value is -3.10. The number of nitrogens with one attached hydrogen (secondary N) is 1. The maximum Gasteiger partial charge on any atom is 0.416 e. The molecular weight excluding hydrogens is 375 g/mol. The molecule has 1 fully saturated rings. The molecule has 1 aliphatic rings. The standard InChI is InChI=1S/C19H18F3N3O3/c20-19(21,22)14-5-6-16(25-8-1-2-9-25)15(10-14)24-17(26)12-28-18(27)13-4-3-7-23-11-13/h3-7,10-11H,1-2,8-9,12H2,(H,24,26). The Morgan fingerprint density at radius 3 is 2.57 bits per heavy atom. The summed E-state index contributed by atoms with van der Waals surface area (Å²) < 4.78 is 44.1. The predicted octanol–water partition coefficient (Wildman–Crippen LogP) is 3.50. The quantitative estimate of drug-likeness (QED) is 0.788. The van der Waals surface area contributed by atoms with E-state index in [-0.39, 0.29) is 11.3 Å². The van der Waals surface area contributed by atoms with Gasteiger partial charge in [0.15, 0.2) is 6.61 Å². The topological polar surface area (TPSA) is 71.5 Å². The molecule has 0 radical (unpaired) electrons. The van der Waals surface area contributed by atoms with Crippen LogP contribution >= 0.6 is 0 Å². The first-order valence-corrected chi connectivity index (χ1v) is 8.68. The minimum atomic E-state index is -4.53. The van der Waals surface area contributed by atoms with Gasteiger partial charge in [-0.15, -0.1) is 0 Å². The Kier molecular flexibility index (Phi) is 5.81. The fourth-order valence-electron chi connectivity index (χ4n) is 2.93. The molecule has 0 aliphatic carbocycles. The van der Waals surface area contributed by atoms with E-state index in [4.69, 9.17) is 4.74 Å². The molecule has 1 N–H and O–H groups in total. The smallest absolute Gasteiger partial charge is 0.416 e. The fraction of sp³-hybridized carbons (Fsp3) is 0.316. The third-order valence-electron chi connectivity index (χ3n) is 4.28. The maximum absolute atomic E-state index is 13.1. The summed E-state index contributed by atoms with van der Waals surface area (Å²) in [5.74, 6) is -1.47. The summed E-state index contributed by atoms with van der Waals surface area (Å²) in [4.78, 5) is 29.7. The normalized spacial score (nSPS) is 14.0. The van der Waals surface area contributed by atoms with E-state index >= 15 is 0 Å². The molecule has 1 aromatic heterocycles. The Labute approximate surface area is 159 Å². The van der Waals surface area contributed by atoms with Crippen LogP contribution in [-0.2, 0) is 15.7 Å². The zero-order chi connectivity index (χ0) is 20.1. The third-order valence-corrected chi connectivity index (χ3v) is 4.28. The van der Waals surface area contributed by atoms with Crippen LogP contribution in [0.5, 0.6) is 0 Å². The van der Waals surface area contributed by atoms with Crippen molar-refractivity contribution in [3.63, 3.8) is 0 Å². The van der Waals surface area contributed by atoms with Crippen LogP contribution in [0.25, 0.3) is 0 Å². The van der Waals surface area contributed by atoms with Crippen LogP contribution in [-0.4, -0.2) is 36.6 Å². The lowest BCUT2D eigenvalue weighted by Gasteiger charge is -2.23. The number of hydrogen-bond acceptors (Lipinski definition) is 5. The molecule has 1 aromatic carbocycles. The lowest BCUT2D eigenvalue weighted by atomic mass is 10.1. The average Bonchev–Trinajstić information content (AvgIpc) is 3.20. The number of amides is 1. The fourth-order valence-corrected chi connectivity index (χ4v) is 2.93. The predicted molar refractivity (Wildman–Crippen MR) is 96.0 cm³/mol. The van der Waals surface area contributed by atoms with Gasteiger partial charge < -0.3 is 15.0 Å². The molecule has 2 heterocycles. The van der Waals surface area contributed by atoms with Gasteiger partial charge in [-0.3, -0.25) is 9.78 Å². The lowest BCUT2D eigenvalue weighted by molar-refractivity contribution is -0.137. The molecule has 28 heavy (non-hydrogen) atoms. The lowest BCUT2D eigenvalue weighted by Crippen LogP contribution is -2.24. The maximum atomic E-state index is 13.1. The summed E-state index contributed by atoms with van der Waals surface area (Å²) in [6, 6.07) is 6.26. The molecule has 6 nitrogen and oxygen atoms in total. The summed E-state index contributed by atoms with van der Waals surface area (Å²) in [6.07, 6.45) is 0.0968. The summed E-state index contributed by atoms with van der Waals surface area (Å²) in [5.41, 5.74) is -0.137. The zero-order valence-electron chi connectivity index (χ0n) is 14.8. The second-order valence-electron chi connectivity index (χ2n) is 6.29. The largest absolute Gasteiger partial charge is 0.452 e. The van der Waals surface area contributed by atoms with Crippen molar-refractivity contribution in [3.8, 4) is 0 Å². The number of aromatic nitrogens is 1. The highest BCUT2D eigenvalue weighted by Gasteiger charge is 2.32. The number of anilines is 2. The molecule has 0 spiro atoms. The van der Waals surface area contributed by atoms with Gasteiger partial charge in [0, 0.05) is 25.5 Å². The van der Waals surface area contributed by atoms with E-state index in [1.807, 2.05) is 4.90 Å². The molecule has 0 saturated carbocycles. The number of carbonyl (C=O) groups excluding carboxylic acids is 2. The van der Waals surface area contributed by atoms with Crippen LogP contribution in [0.3, 0.4) is 0 Å². The molecule has 2 aromatic rings. The second kappa shape index (κ2) is 8.28. The van der Waals surface area contributed by atoms with Crippen LogP contribution < -0.4 is 10.2 Å². The van der Waals surface area contributed by atoms with Crippen molar-refractivity contribution in [1.29, 1.82) is 0 Å². The summed E-state index contributed by atoms with van der Waals surface area (Å²) >= 11 is 0. The van der Waals surface area contributed by atoms with Crippen LogP contribution in [0.15, 0.2) is 42.7 Å². The summed E-state index contributed by atoms with van der Waals surface area (Å²) in [7, 11) is 0. The highest BCUT2D eigenvalue weighted by Crippen LogP contribution is 2.36. The van der Waals surface area contributed by atoms with Crippen LogP contribution in [0.2, 0.25) is 0 Å². The van der Waals surface area contributed by atoms with Crippen molar-refractivity contribution in [3.05, 3.63) is 53.9 Å². The van der Waals surface area contributed by atoms with Gasteiger partial charge in [-0.25, -0.2) is 4.79 Å². The Bertz CT molecular complexity index is 850. The Morgan fingerprint density at radius 1 is 1.18 bits per heavy atom. The van der Waals surface area contributed by atoms with E-state index in [1.165, 1.54) is 24.5 Å². The van der Waals surface area contributed by atoms with Gasteiger partial charge >= 0.3 is 12.1 Å². The molecule has 0 unspecified atom stereocenters. The molecule has 1 amide bonds. The number of benzene rings is 1. The van der Waals surface area contributed by atoms with Crippen molar-refractivity contribution in [2.75, 3.05) is 29.9 Å². The van der Waals surface area contributed by atoms with Crippen LogP contribution in [0, 0.1) is 0 Å². The van der Waals surface area contributed by atoms with Gasteiger partial charge in [-0.1, -0.05) is 0 Å². The minimum absolute atomic E-state index is 0.0409. The number of alkyl halides is 3. The number of pyridine rings is 1.